The molecule has 2 heterocycles. The number of pyridine rings is 2. The molecule has 0 aliphatic heterocycles. The Morgan fingerprint density at radius 3 is 2.58 bits per heavy atom. The van der Waals surface area contributed by atoms with Crippen LogP contribution in [0.1, 0.15) is 5.69 Å². The molecule has 0 aromatic carbocycles. The summed E-state index contributed by atoms with van der Waals surface area (Å²) in [5, 5.41) is 2.75. The van der Waals surface area contributed by atoms with Gasteiger partial charge in [-0.3, -0.25) is 4.98 Å². The van der Waals surface area contributed by atoms with Gasteiger partial charge in [-0.05, 0) is 24.3 Å². The number of hydrogen-bond donors (Lipinski definition) is 2. The molecule has 0 spiro atoms. The van der Waals surface area contributed by atoms with E-state index in [2.05, 4.69) is 20.0 Å². The van der Waals surface area contributed by atoms with E-state index in [9.17, 15) is 8.42 Å². The smallest absolute Gasteiger partial charge is 0.244 e. The second kappa shape index (κ2) is 5.77. The zero-order valence-electron chi connectivity index (χ0n) is 10.4. The Kier molecular flexibility index (Phi) is 4.08. The van der Waals surface area contributed by atoms with Gasteiger partial charge in [-0.15, -0.1) is 0 Å². The maximum atomic E-state index is 12.2. The molecular formula is C12H14N4O2S. The van der Waals surface area contributed by atoms with E-state index in [0.29, 0.717) is 11.5 Å². The number of aromatic nitrogens is 2. The molecule has 7 heteroatoms. The summed E-state index contributed by atoms with van der Waals surface area (Å²) in [6, 6.07) is 8.42. The van der Waals surface area contributed by atoms with E-state index in [-0.39, 0.29) is 11.4 Å². The van der Waals surface area contributed by atoms with E-state index in [1.54, 1.807) is 37.5 Å². The third-order valence-electron chi connectivity index (χ3n) is 2.47. The van der Waals surface area contributed by atoms with Crippen molar-refractivity contribution < 1.29 is 8.42 Å². The summed E-state index contributed by atoms with van der Waals surface area (Å²) in [5.74, 6) is 0.316. The zero-order chi connectivity index (χ0) is 13.7. The second-order valence-electron chi connectivity index (χ2n) is 3.75. The molecule has 19 heavy (non-hydrogen) atoms. The Hall–Kier alpha value is -1.99. The highest BCUT2D eigenvalue weighted by molar-refractivity contribution is 7.89. The molecule has 2 N–H and O–H groups in total. The molecule has 0 aliphatic rings. The Bertz CT molecular complexity index is 644. The third kappa shape index (κ3) is 3.27. The fraction of sp³-hybridized carbons (Fsp3) is 0.167. The minimum absolute atomic E-state index is 0.119. The summed E-state index contributed by atoms with van der Waals surface area (Å²) in [6.07, 6.45) is 3.15. The fourth-order valence-corrected chi connectivity index (χ4v) is 2.70. The first kappa shape index (κ1) is 13.4. The van der Waals surface area contributed by atoms with Crippen LogP contribution in [-0.4, -0.2) is 25.4 Å². The largest absolute Gasteiger partial charge is 0.372 e. The molecule has 0 unspecified atom stereocenters. The van der Waals surface area contributed by atoms with Crippen LogP contribution in [0.15, 0.2) is 47.6 Å². The van der Waals surface area contributed by atoms with Crippen LogP contribution in [-0.2, 0) is 16.6 Å². The average Bonchev–Trinajstić information content (AvgIpc) is 2.46. The molecule has 0 radical (unpaired) electrons. The van der Waals surface area contributed by atoms with Crippen molar-refractivity contribution in [3.05, 3.63) is 48.4 Å². The Labute approximate surface area is 112 Å². The number of anilines is 1. The van der Waals surface area contributed by atoms with Crippen molar-refractivity contribution in [2.45, 2.75) is 11.4 Å². The maximum absolute atomic E-state index is 12.2. The fourth-order valence-electron chi connectivity index (χ4n) is 1.54. The molecule has 0 bridgehead atoms. The highest BCUT2D eigenvalue weighted by Crippen LogP contribution is 2.17. The van der Waals surface area contributed by atoms with Crippen molar-refractivity contribution >= 4 is 15.8 Å². The summed E-state index contributed by atoms with van der Waals surface area (Å²) in [7, 11) is -1.99. The van der Waals surface area contributed by atoms with Crippen LogP contribution in [0.25, 0.3) is 0 Å². The van der Waals surface area contributed by atoms with Crippen LogP contribution >= 0.6 is 0 Å². The summed E-state index contributed by atoms with van der Waals surface area (Å²) in [4.78, 5) is 8.15. The lowest BCUT2D eigenvalue weighted by Crippen LogP contribution is -2.24. The summed E-state index contributed by atoms with van der Waals surface area (Å²) < 4.78 is 26.8. The van der Waals surface area contributed by atoms with Crippen molar-refractivity contribution in [3.63, 3.8) is 0 Å². The van der Waals surface area contributed by atoms with Crippen molar-refractivity contribution in [2.24, 2.45) is 0 Å². The monoisotopic (exact) mass is 278 g/mol. The third-order valence-corrected chi connectivity index (χ3v) is 3.90. The van der Waals surface area contributed by atoms with E-state index < -0.39 is 10.0 Å². The zero-order valence-corrected chi connectivity index (χ0v) is 11.2. The Morgan fingerprint density at radius 1 is 1.11 bits per heavy atom. The molecule has 0 aliphatic carbocycles. The molecule has 0 amide bonds. The van der Waals surface area contributed by atoms with Gasteiger partial charge in [0.15, 0.2) is 0 Å². The second-order valence-corrected chi connectivity index (χ2v) is 5.48. The van der Waals surface area contributed by atoms with Crippen LogP contribution in [0, 0.1) is 0 Å². The van der Waals surface area contributed by atoms with Gasteiger partial charge in [0.2, 0.25) is 10.0 Å². The highest BCUT2D eigenvalue weighted by atomic mass is 32.2. The van der Waals surface area contributed by atoms with Crippen LogP contribution in [0.4, 0.5) is 5.82 Å². The van der Waals surface area contributed by atoms with Gasteiger partial charge in [-0.1, -0.05) is 6.07 Å². The molecular weight excluding hydrogens is 264 g/mol. The summed E-state index contributed by atoms with van der Waals surface area (Å²) in [6.45, 7) is 0.140. The normalized spacial score (nSPS) is 11.2. The van der Waals surface area contributed by atoms with Crippen LogP contribution in [0.5, 0.6) is 0 Å². The van der Waals surface area contributed by atoms with E-state index in [1.165, 1.54) is 12.3 Å². The average molecular weight is 278 g/mol. The Morgan fingerprint density at radius 2 is 1.89 bits per heavy atom. The first-order valence-electron chi connectivity index (χ1n) is 5.66. The van der Waals surface area contributed by atoms with Crippen LogP contribution < -0.4 is 10.0 Å². The first-order valence-corrected chi connectivity index (χ1v) is 7.14. The van der Waals surface area contributed by atoms with Crippen LogP contribution in [0.2, 0.25) is 0 Å². The number of nitrogens with zero attached hydrogens (tertiary/aromatic N) is 2. The molecule has 2 aromatic heterocycles. The number of hydrogen-bond acceptors (Lipinski definition) is 5. The maximum Gasteiger partial charge on any atom is 0.244 e. The number of nitrogens with one attached hydrogen (secondary N) is 2. The van der Waals surface area contributed by atoms with Gasteiger partial charge in [0, 0.05) is 19.4 Å². The molecule has 2 rings (SSSR count). The molecule has 0 saturated carbocycles. The lowest BCUT2D eigenvalue weighted by Gasteiger charge is -2.09. The van der Waals surface area contributed by atoms with E-state index in [4.69, 9.17) is 0 Å². The SMILES string of the molecule is CNc1ncccc1S(=O)(=O)NCc1ccccn1. The van der Waals surface area contributed by atoms with Gasteiger partial charge >= 0.3 is 0 Å². The van der Waals surface area contributed by atoms with Gasteiger partial charge < -0.3 is 5.32 Å². The topological polar surface area (TPSA) is 84.0 Å². The quantitative estimate of drug-likeness (QED) is 0.852. The molecule has 100 valence electrons. The molecule has 0 atom stereocenters. The lowest BCUT2D eigenvalue weighted by atomic mass is 10.4. The molecule has 0 saturated heterocycles. The van der Waals surface area contributed by atoms with Gasteiger partial charge in [0.25, 0.3) is 0 Å². The lowest BCUT2D eigenvalue weighted by molar-refractivity contribution is 0.580. The first-order chi connectivity index (χ1) is 9.13. The molecule has 0 fully saturated rings. The van der Waals surface area contributed by atoms with E-state index in [1.807, 2.05) is 0 Å². The van der Waals surface area contributed by atoms with Crippen molar-refractivity contribution in [2.75, 3.05) is 12.4 Å². The minimum Gasteiger partial charge on any atom is -0.372 e. The van der Waals surface area contributed by atoms with Crippen molar-refractivity contribution in [1.29, 1.82) is 0 Å². The van der Waals surface area contributed by atoms with Gasteiger partial charge in [0.05, 0.1) is 12.2 Å². The van der Waals surface area contributed by atoms with Crippen molar-refractivity contribution in [1.82, 2.24) is 14.7 Å². The summed E-state index contributed by atoms with van der Waals surface area (Å²) >= 11 is 0. The van der Waals surface area contributed by atoms with Gasteiger partial charge in [0.1, 0.15) is 10.7 Å². The predicted molar refractivity (Wildman–Crippen MR) is 72.0 cm³/mol. The molecule has 2 aromatic rings. The van der Waals surface area contributed by atoms with Crippen molar-refractivity contribution in [3.8, 4) is 0 Å². The summed E-state index contributed by atoms with van der Waals surface area (Å²) in [5.41, 5.74) is 0.654. The highest BCUT2D eigenvalue weighted by Gasteiger charge is 2.18. The predicted octanol–water partition coefficient (Wildman–Crippen LogP) is 0.997. The molecule has 6 nitrogen and oxygen atoms in total. The van der Waals surface area contributed by atoms with Gasteiger partial charge in [-0.2, -0.15) is 0 Å². The number of sulfonamides is 1. The standard InChI is InChI=1S/C12H14N4O2S/c1-13-12-11(6-4-8-15-12)19(17,18)16-9-10-5-2-3-7-14-10/h2-8,16H,9H2,1H3,(H,13,15). The van der Waals surface area contributed by atoms with E-state index in [0.717, 1.165) is 0 Å². The van der Waals surface area contributed by atoms with E-state index >= 15 is 0 Å². The number of rotatable bonds is 5. The van der Waals surface area contributed by atoms with Gasteiger partial charge in [-0.25, -0.2) is 18.1 Å². The van der Waals surface area contributed by atoms with Crippen LogP contribution in [0.3, 0.4) is 0 Å². The Balaban J connectivity index is 2.19. The minimum atomic E-state index is -3.62.